The van der Waals surface area contributed by atoms with Gasteiger partial charge in [-0.2, -0.15) is 0 Å². The molecule has 0 bridgehead atoms. The molecule has 0 unspecified atom stereocenters. The van der Waals surface area contributed by atoms with E-state index in [1.165, 1.54) is 6.92 Å². The SMILES string of the molecule is C=C(C)[C@H]1Cc2cc(C(=O)[C@H](C)O)ccc2O1. The van der Waals surface area contributed by atoms with Gasteiger partial charge in [0.05, 0.1) is 0 Å². The Morgan fingerprint density at radius 2 is 2.29 bits per heavy atom. The van der Waals surface area contributed by atoms with E-state index < -0.39 is 6.10 Å². The van der Waals surface area contributed by atoms with Gasteiger partial charge in [-0.15, -0.1) is 0 Å². The molecule has 1 aliphatic heterocycles. The van der Waals surface area contributed by atoms with Gasteiger partial charge < -0.3 is 9.84 Å². The topological polar surface area (TPSA) is 46.5 Å². The molecule has 0 aliphatic carbocycles. The van der Waals surface area contributed by atoms with E-state index in [0.717, 1.165) is 23.3 Å². The van der Waals surface area contributed by atoms with Gasteiger partial charge in [-0.1, -0.05) is 6.58 Å². The third kappa shape index (κ3) is 2.24. The second-order valence-corrected chi connectivity index (χ2v) is 4.52. The monoisotopic (exact) mass is 232 g/mol. The van der Waals surface area contributed by atoms with Crippen LogP contribution in [-0.2, 0) is 6.42 Å². The highest BCUT2D eigenvalue weighted by atomic mass is 16.5. The van der Waals surface area contributed by atoms with Crippen LogP contribution in [0.2, 0.25) is 0 Å². The van der Waals surface area contributed by atoms with Crippen molar-refractivity contribution in [2.75, 3.05) is 0 Å². The number of Topliss-reactive ketones (excluding diaryl/α,β-unsaturated/α-hetero) is 1. The van der Waals surface area contributed by atoms with Crippen molar-refractivity contribution in [3.63, 3.8) is 0 Å². The first-order valence-electron chi connectivity index (χ1n) is 5.66. The quantitative estimate of drug-likeness (QED) is 0.641. The fourth-order valence-electron chi connectivity index (χ4n) is 1.92. The van der Waals surface area contributed by atoms with Crippen LogP contribution in [0.1, 0.15) is 29.8 Å². The second kappa shape index (κ2) is 4.34. The van der Waals surface area contributed by atoms with Crippen molar-refractivity contribution < 1.29 is 14.6 Å². The standard InChI is InChI=1S/C14H16O3/c1-8(2)13-7-11-6-10(14(16)9(3)15)4-5-12(11)17-13/h4-6,9,13,15H,1,7H2,2-3H3/t9-,13+/m0/s1. The van der Waals surface area contributed by atoms with E-state index in [0.29, 0.717) is 5.56 Å². The van der Waals surface area contributed by atoms with E-state index in [1.54, 1.807) is 18.2 Å². The van der Waals surface area contributed by atoms with Crippen LogP contribution in [0.4, 0.5) is 0 Å². The Balaban J connectivity index is 2.27. The third-order valence-corrected chi connectivity index (χ3v) is 2.95. The van der Waals surface area contributed by atoms with Gasteiger partial charge in [-0.3, -0.25) is 4.79 Å². The molecule has 3 nitrogen and oxygen atoms in total. The average molecular weight is 232 g/mol. The molecule has 1 N–H and O–H groups in total. The first-order chi connectivity index (χ1) is 7.99. The minimum atomic E-state index is -0.965. The second-order valence-electron chi connectivity index (χ2n) is 4.52. The molecule has 1 aromatic rings. The number of carbonyl (C=O) groups excluding carboxylic acids is 1. The van der Waals surface area contributed by atoms with Gasteiger partial charge >= 0.3 is 0 Å². The molecule has 0 radical (unpaired) electrons. The average Bonchev–Trinajstić information content (AvgIpc) is 2.70. The molecular weight excluding hydrogens is 216 g/mol. The zero-order valence-corrected chi connectivity index (χ0v) is 10.1. The lowest BCUT2D eigenvalue weighted by molar-refractivity contribution is 0.0779. The number of fused-ring (bicyclic) bond motifs is 1. The van der Waals surface area contributed by atoms with Crippen LogP contribution in [0, 0.1) is 0 Å². The minimum absolute atomic E-state index is 0.00176. The molecule has 17 heavy (non-hydrogen) atoms. The molecular formula is C14H16O3. The summed E-state index contributed by atoms with van der Waals surface area (Å²) in [6.07, 6.45) is -0.222. The van der Waals surface area contributed by atoms with Crippen LogP contribution in [0.25, 0.3) is 0 Å². The number of ketones is 1. The summed E-state index contributed by atoms with van der Waals surface area (Å²) in [5.41, 5.74) is 2.51. The van der Waals surface area contributed by atoms with Crippen molar-refractivity contribution in [1.29, 1.82) is 0 Å². The number of ether oxygens (including phenoxy) is 1. The van der Waals surface area contributed by atoms with Crippen molar-refractivity contribution in [2.45, 2.75) is 32.5 Å². The predicted octanol–water partition coefficient (Wildman–Crippen LogP) is 2.13. The summed E-state index contributed by atoms with van der Waals surface area (Å²) in [7, 11) is 0. The van der Waals surface area contributed by atoms with Crippen LogP contribution < -0.4 is 4.74 Å². The molecule has 3 heteroatoms. The Morgan fingerprint density at radius 3 is 2.88 bits per heavy atom. The third-order valence-electron chi connectivity index (χ3n) is 2.95. The van der Waals surface area contributed by atoms with Gasteiger partial charge in [0.25, 0.3) is 0 Å². The fraction of sp³-hybridized carbons (Fsp3) is 0.357. The molecule has 90 valence electrons. The Bertz CT molecular complexity index is 474. The van der Waals surface area contributed by atoms with Gasteiger partial charge in [0, 0.05) is 12.0 Å². The van der Waals surface area contributed by atoms with Gasteiger partial charge in [0.1, 0.15) is 18.0 Å². The summed E-state index contributed by atoms with van der Waals surface area (Å²) in [5, 5.41) is 9.27. The summed E-state index contributed by atoms with van der Waals surface area (Å²) in [6.45, 7) is 7.28. The first kappa shape index (κ1) is 11.9. The molecule has 1 aromatic carbocycles. The lowest BCUT2D eigenvalue weighted by Gasteiger charge is -2.08. The molecule has 0 saturated heterocycles. The number of rotatable bonds is 3. The summed E-state index contributed by atoms with van der Waals surface area (Å²) < 4.78 is 5.69. The van der Waals surface area contributed by atoms with Gasteiger partial charge in [0.2, 0.25) is 0 Å². The summed E-state index contributed by atoms with van der Waals surface area (Å²) in [4.78, 5) is 11.7. The number of hydrogen-bond acceptors (Lipinski definition) is 3. The highest BCUT2D eigenvalue weighted by Crippen LogP contribution is 2.32. The summed E-state index contributed by atoms with van der Waals surface area (Å²) >= 11 is 0. The maximum atomic E-state index is 11.7. The molecule has 2 rings (SSSR count). The van der Waals surface area contributed by atoms with E-state index in [4.69, 9.17) is 4.74 Å². The van der Waals surface area contributed by atoms with Crippen LogP contribution in [0.5, 0.6) is 5.75 Å². The Morgan fingerprint density at radius 1 is 1.59 bits per heavy atom. The molecule has 2 atom stereocenters. The Hall–Kier alpha value is -1.61. The molecule has 0 aromatic heterocycles. The maximum absolute atomic E-state index is 11.7. The molecule has 0 saturated carbocycles. The van der Waals surface area contributed by atoms with Crippen LogP contribution in [0.3, 0.4) is 0 Å². The van der Waals surface area contributed by atoms with Gasteiger partial charge in [-0.05, 0) is 43.2 Å². The molecule has 1 aliphatic rings. The summed E-state index contributed by atoms with van der Waals surface area (Å²) in [6, 6.07) is 5.27. The molecule has 0 amide bonds. The number of benzene rings is 1. The van der Waals surface area contributed by atoms with Crippen molar-refractivity contribution in [1.82, 2.24) is 0 Å². The number of aliphatic hydroxyl groups is 1. The fourth-order valence-corrected chi connectivity index (χ4v) is 1.92. The van der Waals surface area contributed by atoms with E-state index in [-0.39, 0.29) is 11.9 Å². The highest BCUT2D eigenvalue weighted by molar-refractivity contribution is 5.99. The Kier molecular flexibility index (Phi) is 3.03. The minimum Gasteiger partial charge on any atom is -0.485 e. The van der Waals surface area contributed by atoms with E-state index in [1.807, 2.05) is 6.92 Å². The zero-order valence-electron chi connectivity index (χ0n) is 10.1. The molecule has 0 spiro atoms. The normalized spacial score (nSPS) is 19.4. The van der Waals surface area contributed by atoms with Gasteiger partial charge in [0.15, 0.2) is 5.78 Å². The van der Waals surface area contributed by atoms with Crippen molar-refractivity contribution in [3.05, 3.63) is 41.5 Å². The van der Waals surface area contributed by atoms with Crippen LogP contribution in [0.15, 0.2) is 30.4 Å². The zero-order chi connectivity index (χ0) is 12.6. The number of carbonyl (C=O) groups is 1. The predicted molar refractivity (Wildman–Crippen MR) is 65.4 cm³/mol. The van der Waals surface area contributed by atoms with Crippen LogP contribution in [-0.4, -0.2) is 23.1 Å². The molecule has 1 heterocycles. The van der Waals surface area contributed by atoms with E-state index >= 15 is 0 Å². The number of hydrogen-bond donors (Lipinski definition) is 1. The first-order valence-corrected chi connectivity index (χ1v) is 5.66. The number of aliphatic hydroxyl groups excluding tert-OH is 1. The van der Waals surface area contributed by atoms with E-state index in [2.05, 4.69) is 6.58 Å². The Labute approximate surface area is 101 Å². The van der Waals surface area contributed by atoms with Crippen molar-refractivity contribution >= 4 is 5.78 Å². The highest BCUT2D eigenvalue weighted by Gasteiger charge is 2.24. The van der Waals surface area contributed by atoms with Crippen LogP contribution >= 0.6 is 0 Å². The van der Waals surface area contributed by atoms with Crippen molar-refractivity contribution in [3.8, 4) is 5.75 Å². The summed E-state index contributed by atoms with van der Waals surface area (Å²) in [5.74, 6) is 0.548. The van der Waals surface area contributed by atoms with Gasteiger partial charge in [-0.25, -0.2) is 0 Å². The lowest BCUT2D eigenvalue weighted by Crippen LogP contribution is -2.16. The van der Waals surface area contributed by atoms with E-state index in [9.17, 15) is 9.90 Å². The maximum Gasteiger partial charge on any atom is 0.190 e. The smallest absolute Gasteiger partial charge is 0.190 e. The molecule has 0 fully saturated rings. The lowest BCUT2D eigenvalue weighted by atomic mass is 10.0. The van der Waals surface area contributed by atoms with Crippen molar-refractivity contribution in [2.24, 2.45) is 0 Å². The largest absolute Gasteiger partial charge is 0.485 e.